The summed E-state index contributed by atoms with van der Waals surface area (Å²) in [4.78, 5) is 10.5. The Morgan fingerprint density at radius 1 is 1.19 bits per heavy atom. The smallest absolute Gasteiger partial charge is 0.302 e. The molecule has 0 aliphatic carbocycles. The van der Waals surface area contributed by atoms with Crippen molar-refractivity contribution in [3.8, 4) is 0 Å². The lowest BCUT2D eigenvalue weighted by atomic mass is 10.0. The number of hydrogen-bond acceptors (Lipinski definition) is 2. The summed E-state index contributed by atoms with van der Waals surface area (Å²) >= 11 is 0. The molecular weight excluding hydrogens is 200 g/mol. The van der Waals surface area contributed by atoms with Gasteiger partial charge in [0.2, 0.25) is 0 Å². The van der Waals surface area contributed by atoms with E-state index in [0.29, 0.717) is 18.4 Å². The normalized spacial score (nSPS) is 15.0. The molecule has 0 heterocycles. The third kappa shape index (κ3) is 9.75. The van der Waals surface area contributed by atoms with Gasteiger partial charge < -0.3 is 4.74 Å². The number of esters is 1. The summed E-state index contributed by atoms with van der Waals surface area (Å²) in [5.41, 5.74) is 0. The third-order valence-electron chi connectivity index (χ3n) is 2.62. The predicted octanol–water partition coefficient (Wildman–Crippen LogP) is 3.96. The summed E-state index contributed by atoms with van der Waals surface area (Å²) < 4.78 is 4.89. The van der Waals surface area contributed by atoms with Gasteiger partial charge in [-0.15, -0.1) is 0 Å². The van der Waals surface area contributed by atoms with Crippen molar-refractivity contribution in [2.24, 2.45) is 11.8 Å². The molecule has 2 nitrogen and oxygen atoms in total. The lowest BCUT2D eigenvalue weighted by molar-refractivity contribution is -0.141. The summed E-state index contributed by atoms with van der Waals surface area (Å²) in [5, 5.41) is 0. The van der Waals surface area contributed by atoms with E-state index in [1.54, 1.807) is 0 Å². The monoisotopic (exact) mass is 226 g/mol. The van der Waals surface area contributed by atoms with Crippen LogP contribution in [0.2, 0.25) is 0 Å². The number of hydrogen-bond donors (Lipinski definition) is 0. The van der Waals surface area contributed by atoms with E-state index < -0.39 is 0 Å². The zero-order valence-corrected chi connectivity index (χ0v) is 11.2. The minimum absolute atomic E-state index is 0.181. The summed E-state index contributed by atoms with van der Waals surface area (Å²) in [6, 6.07) is 0. The van der Waals surface area contributed by atoms with Gasteiger partial charge in [-0.3, -0.25) is 4.79 Å². The van der Waals surface area contributed by atoms with Crippen molar-refractivity contribution in [3.05, 3.63) is 12.2 Å². The van der Waals surface area contributed by atoms with E-state index in [4.69, 9.17) is 4.74 Å². The van der Waals surface area contributed by atoms with Crippen LogP contribution in [0.3, 0.4) is 0 Å². The molecule has 0 aromatic rings. The molecule has 0 N–H and O–H groups in total. The lowest BCUT2D eigenvalue weighted by Gasteiger charge is -2.08. The van der Waals surface area contributed by atoms with Crippen molar-refractivity contribution in [2.45, 2.75) is 53.4 Å². The minimum atomic E-state index is -0.181. The van der Waals surface area contributed by atoms with E-state index in [1.807, 2.05) is 0 Å². The minimum Gasteiger partial charge on any atom is -0.466 e. The quantitative estimate of drug-likeness (QED) is 0.356. The van der Waals surface area contributed by atoms with Crippen LogP contribution in [-0.4, -0.2) is 12.6 Å². The molecule has 0 saturated carbocycles. The molecule has 0 aliphatic heterocycles. The first-order valence-electron chi connectivity index (χ1n) is 6.38. The Morgan fingerprint density at radius 2 is 1.75 bits per heavy atom. The van der Waals surface area contributed by atoms with Gasteiger partial charge >= 0.3 is 5.97 Å². The number of rotatable bonds is 8. The standard InChI is InChI=1S/C14H26O2/c1-5-7-12(2)9-10-13(3)8-6-11-16-14(4)15/h9-10,12-13H,5-8,11H2,1-4H3/b10-9-/t12-,13-/m1/s1. The average molecular weight is 226 g/mol. The van der Waals surface area contributed by atoms with Gasteiger partial charge in [-0.25, -0.2) is 0 Å². The molecule has 94 valence electrons. The molecule has 0 amide bonds. The number of allylic oxidation sites excluding steroid dienone is 2. The van der Waals surface area contributed by atoms with Crippen LogP contribution in [0.1, 0.15) is 53.4 Å². The van der Waals surface area contributed by atoms with Crippen LogP contribution in [0.5, 0.6) is 0 Å². The first-order valence-corrected chi connectivity index (χ1v) is 6.38. The molecule has 0 radical (unpaired) electrons. The van der Waals surface area contributed by atoms with Crippen LogP contribution < -0.4 is 0 Å². The molecule has 0 saturated heterocycles. The Hall–Kier alpha value is -0.790. The summed E-state index contributed by atoms with van der Waals surface area (Å²) in [6.07, 6.45) is 9.13. The van der Waals surface area contributed by atoms with Crippen LogP contribution in [0.4, 0.5) is 0 Å². The zero-order chi connectivity index (χ0) is 12.4. The van der Waals surface area contributed by atoms with Crippen LogP contribution in [0.15, 0.2) is 12.2 Å². The fourth-order valence-corrected chi connectivity index (χ4v) is 1.65. The van der Waals surface area contributed by atoms with Gasteiger partial charge in [0.25, 0.3) is 0 Å². The molecule has 0 bridgehead atoms. The van der Waals surface area contributed by atoms with Gasteiger partial charge in [-0.1, -0.05) is 39.3 Å². The maximum Gasteiger partial charge on any atom is 0.302 e. The van der Waals surface area contributed by atoms with Gasteiger partial charge in [0.1, 0.15) is 0 Å². The molecule has 2 atom stereocenters. The van der Waals surface area contributed by atoms with Gasteiger partial charge in [-0.05, 0) is 31.1 Å². The first kappa shape index (κ1) is 15.2. The molecular formula is C14H26O2. The van der Waals surface area contributed by atoms with Crippen molar-refractivity contribution in [2.75, 3.05) is 6.61 Å². The molecule has 0 spiro atoms. The Kier molecular flexibility index (Phi) is 8.97. The van der Waals surface area contributed by atoms with Crippen molar-refractivity contribution in [1.82, 2.24) is 0 Å². The molecule has 0 aromatic heterocycles. The summed E-state index contributed by atoms with van der Waals surface area (Å²) in [5.74, 6) is 1.08. The van der Waals surface area contributed by atoms with Gasteiger partial charge in [0.15, 0.2) is 0 Å². The molecule has 16 heavy (non-hydrogen) atoms. The molecule has 2 heteroatoms. The predicted molar refractivity (Wildman–Crippen MR) is 68.2 cm³/mol. The Bertz CT molecular complexity index is 209. The number of carbonyl (C=O) groups is 1. The topological polar surface area (TPSA) is 26.3 Å². The number of ether oxygens (including phenoxy) is 1. The van der Waals surface area contributed by atoms with E-state index in [1.165, 1.54) is 19.8 Å². The van der Waals surface area contributed by atoms with Gasteiger partial charge in [-0.2, -0.15) is 0 Å². The molecule has 0 unspecified atom stereocenters. The summed E-state index contributed by atoms with van der Waals surface area (Å²) in [6.45, 7) is 8.69. The maximum atomic E-state index is 10.5. The maximum absolute atomic E-state index is 10.5. The molecule has 0 rings (SSSR count). The van der Waals surface area contributed by atoms with Crippen LogP contribution in [-0.2, 0) is 9.53 Å². The Balaban J connectivity index is 3.57. The highest BCUT2D eigenvalue weighted by Gasteiger charge is 2.00. The molecule has 0 fully saturated rings. The van der Waals surface area contributed by atoms with E-state index in [9.17, 15) is 4.79 Å². The highest BCUT2D eigenvalue weighted by atomic mass is 16.5. The lowest BCUT2D eigenvalue weighted by Crippen LogP contribution is -2.02. The van der Waals surface area contributed by atoms with Crippen molar-refractivity contribution < 1.29 is 9.53 Å². The molecule has 0 aliphatic rings. The SMILES string of the molecule is CCC[C@@H](C)/C=C\[C@H](C)CCCOC(C)=O. The number of carbonyl (C=O) groups excluding carboxylic acids is 1. The fourth-order valence-electron chi connectivity index (χ4n) is 1.65. The molecule has 0 aromatic carbocycles. The van der Waals surface area contributed by atoms with Crippen molar-refractivity contribution >= 4 is 5.97 Å². The van der Waals surface area contributed by atoms with Crippen molar-refractivity contribution in [3.63, 3.8) is 0 Å². The largest absolute Gasteiger partial charge is 0.466 e. The van der Waals surface area contributed by atoms with Crippen LogP contribution in [0.25, 0.3) is 0 Å². The second-order valence-corrected chi connectivity index (χ2v) is 4.61. The van der Waals surface area contributed by atoms with Crippen LogP contribution in [0, 0.1) is 11.8 Å². The Morgan fingerprint density at radius 3 is 2.25 bits per heavy atom. The van der Waals surface area contributed by atoms with Crippen LogP contribution >= 0.6 is 0 Å². The average Bonchev–Trinajstić information content (AvgIpc) is 2.22. The third-order valence-corrected chi connectivity index (χ3v) is 2.62. The van der Waals surface area contributed by atoms with Crippen molar-refractivity contribution in [1.29, 1.82) is 0 Å². The highest BCUT2D eigenvalue weighted by Crippen LogP contribution is 2.12. The highest BCUT2D eigenvalue weighted by molar-refractivity contribution is 5.65. The second kappa shape index (κ2) is 9.44. The van der Waals surface area contributed by atoms with Gasteiger partial charge in [0.05, 0.1) is 6.61 Å². The second-order valence-electron chi connectivity index (χ2n) is 4.61. The van der Waals surface area contributed by atoms with E-state index >= 15 is 0 Å². The first-order chi connectivity index (χ1) is 7.56. The van der Waals surface area contributed by atoms with E-state index in [0.717, 1.165) is 12.8 Å². The summed E-state index contributed by atoms with van der Waals surface area (Å²) in [7, 11) is 0. The van der Waals surface area contributed by atoms with E-state index in [2.05, 4.69) is 32.9 Å². The fraction of sp³-hybridized carbons (Fsp3) is 0.786. The van der Waals surface area contributed by atoms with E-state index in [-0.39, 0.29) is 5.97 Å². The van der Waals surface area contributed by atoms with Gasteiger partial charge in [0, 0.05) is 6.92 Å². The Labute approximate surface area is 100 Å². The zero-order valence-electron chi connectivity index (χ0n) is 11.2.